The van der Waals surface area contributed by atoms with E-state index in [1.807, 2.05) is 32.0 Å². The molecule has 1 amide bonds. The Morgan fingerprint density at radius 1 is 1.11 bits per heavy atom. The first kappa shape index (κ1) is 19.4. The molecule has 5 nitrogen and oxygen atoms in total. The lowest BCUT2D eigenvalue weighted by atomic mass is 10.1. The van der Waals surface area contributed by atoms with E-state index in [2.05, 4.69) is 46.7 Å². The van der Waals surface area contributed by atoms with Gasteiger partial charge in [-0.3, -0.25) is 10.1 Å². The Bertz CT molecular complexity index is 923. The predicted molar refractivity (Wildman–Crippen MR) is 111 cm³/mol. The summed E-state index contributed by atoms with van der Waals surface area (Å²) in [4.78, 5) is 12.1. The van der Waals surface area contributed by atoms with Crippen molar-refractivity contribution < 1.29 is 9.53 Å². The van der Waals surface area contributed by atoms with Crippen LogP contribution in [0.4, 0.5) is 5.13 Å². The van der Waals surface area contributed by atoms with E-state index in [4.69, 9.17) is 4.74 Å². The van der Waals surface area contributed by atoms with Gasteiger partial charge in [0.05, 0.1) is 0 Å². The van der Waals surface area contributed by atoms with Crippen molar-refractivity contribution in [2.45, 2.75) is 30.9 Å². The van der Waals surface area contributed by atoms with E-state index >= 15 is 0 Å². The molecule has 0 fully saturated rings. The average molecular weight is 400 g/mol. The molecule has 27 heavy (non-hydrogen) atoms. The lowest BCUT2D eigenvalue weighted by Crippen LogP contribution is -2.20. The van der Waals surface area contributed by atoms with Crippen molar-refractivity contribution in [2.75, 3.05) is 11.9 Å². The Labute approximate surface area is 167 Å². The minimum atomic E-state index is -0.248. The van der Waals surface area contributed by atoms with Gasteiger partial charge in [0.2, 0.25) is 5.13 Å². The summed E-state index contributed by atoms with van der Waals surface area (Å²) in [6, 6.07) is 14.2. The van der Waals surface area contributed by atoms with Gasteiger partial charge in [-0.05, 0) is 43.5 Å². The van der Waals surface area contributed by atoms with Gasteiger partial charge in [0, 0.05) is 5.75 Å². The molecule has 3 rings (SSSR count). The van der Waals surface area contributed by atoms with E-state index in [9.17, 15) is 4.79 Å². The number of thioether (sulfide) groups is 1. The SMILES string of the molecule is Cc1ccc(CSc2nnc(NC(=O)COc3cccc(C)c3C)s2)cc1. The van der Waals surface area contributed by atoms with Gasteiger partial charge in [0.25, 0.3) is 5.91 Å². The third kappa shape index (κ3) is 5.55. The molecule has 0 saturated heterocycles. The van der Waals surface area contributed by atoms with Crippen molar-refractivity contribution in [3.63, 3.8) is 0 Å². The van der Waals surface area contributed by atoms with Gasteiger partial charge in [-0.2, -0.15) is 0 Å². The molecule has 7 heteroatoms. The number of carbonyl (C=O) groups is 1. The maximum Gasteiger partial charge on any atom is 0.264 e. The minimum Gasteiger partial charge on any atom is -0.483 e. The third-order valence-electron chi connectivity index (χ3n) is 4.05. The quantitative estimate of drug-likeness (QED) is 0.458. The molecule has 0 unspecified atom stereocenters. The number of nitrogens with one attached hydrogen (secondary N) is 1. The lowest BCUT2D eigenvalue weighted by molar-refractivity contribution is -0.118. The van der Waals surface area contributed by atoms with Crippen molar-refractivity contribution >= 4 is 34.1 Å². The highest BCUT2D eigenvalue weighted by Crippen LogP contribution is 2.28. The first-order valence-corrected chi connectivity index (χ1v) is 10.3. The zero-order valence-corrected chi connectivity index (χ0v) is 17.1. The van der Waals surface area contributed by atoms with Gasteiger partial charge in [-0.25, -0.2) is 0 Å². The number of benzene rings is 2. The van der Waals surface area contributed by atoms with Gasteiger partial charge in [-0.1, -0.05) is 65.1 Å². The fourth-order valence-electron chi connectivity index (χ4n) is 2.33. The maximum absolute atomic E-state index is 12.1. The molecule has 0 bridgehead atoms. The summed E-state index contributed by atoms with van der Waals surface area (Å²) in [7, 11) is 0. The molecule has 0 aliphatic heterocycles. The number of ether oxygens (including phenoxy) is 1. The number of carbonyl (C=O) groups excluding carboxylic acids is 1. The van der Waals surface area contributed by atoms with Crippen LogP contribution in [0.2, 0.25) is 0 Å². The van der Waals surface area contributed by atoms with Crippen LogP contribution in [0.25, 0.3) is 0 Å². The smallest absolute Gasteiger partial charge is 0.264 e. The first-order chi connectivity index (χ1) is 13.0. The molecule has 0 aliphatic carbocycles. The number of hydrogen-bond acceptors (Lipinski definition) is 6. The number of amides is 1. The Hall–Kier alpha value is -2.38. The van der Waals surface area contributed by atoms with Gasteiger partial charge in [0.1, 0.15) is 5.75 Å². The largest absolute Gasteiger partial charge is 0.483 e. The predicted octanol–water partition coefficient (Wildman–Crippen LogP) is 4.77. The standard InChI is InChI=1S/C20H21N3O2S2/c1-13-7-9-16(10-8-13)12-26-20-23-22-19(27-20)21-18(24)11-25-17-6-4-5-14(2)15(17)3/h4-10H,11-12H2,1-3H3,(H,21,22,24). The molecule has 140 valence electrons. The molecular formula is C20H21N3O2S2. The van der Waals surface area contributed by atoms with Crippen molar-refractivity contribution in [1.82, 2.24) is 10.2 Å². The highest BCUT2D eigenvalue weighted by Gasteiger charge is 2.10. The van der Waals surface area contributed by atoms with Crippen LogP contribution >= 0.6 is 23.1 Å². The zero-order valence-electron chi connectivity index (χ0n) is 15.5. The van der Waals surface area contributed by atoms with Crippen LogP contribution in [0.3, 0.4) is 0 Å². The Balaban J connectivity index is 1.48. The first-order valence-electron chi connectivity index (χ1n) is 8.52. The van der Waals surface area contributed by atoms with Crippen LogP contribution in [0.1, 0.15) is 22.3 Å². The second-order valence-electron chi connectivity index (χ2n) is 6.18. The zero-order chi connectivity index (χ0) is 19.2. The van der Waals surface area contributed by atoms with Gasteiger partial charge >= 0.3 is 0 Å². The van der Waals surface area contributed by atoms with Crippen molar-refractivity contribution in [2.24, 2.45) is 0 Å². The highest BCUT2D eigenvalue weighted by atomic mass is 32.2. The van der Waals surface area contributed by atoms with Crippen LogP contribution in [-0.4, -0.2) is 22.7 Å². The maximum atomic E-state index is 12.1. The van der Waals surface area contributed by atoms with E-state index < -0.39 is 0 Å². The van der Waals surface area contributed by atoms with Crippen LogP contribution in [0, 0.1) is 20.8 Å². The number of anilines is 1. The number of aromatic nitrogens is 2. The molecule has 2 aromatic carbocycles. The molecule has 1 aromatic heterocycles. The second kappa shape index (κ2) is 9.01. The summed E-state index contributed by atoms with van der Waals surface area (Å²) in [6.07, 6.45) is 0. The molecule has 0 aliphatic rings. The molecule has 0 spiro atoms. The van der Waals surface area contributed by atoms with Crippen molar-refractivity contribution in [3.05, 3.63) is 64.7 Å². The number of nitrogens with zero attached hydrogens (tertiary/aromatic N) is 2. The van der Waals surface area contributed by atoms with Crippen molar-refractivity contribution in [1.29, 1.82) is 0 Å². The summed E-state index contributed by atoms with van der Waals surface area (Å²) in [6.45, 7) is 6.00. The molecule has 3 aromatic rings. The fraction of sp³-hybridized carbons (Fsp3) is 0.250. The van der Waals surface area contributed by atoms with Crippen LogP contribution in [0.5, 0.6) is 5.75 Å². The average Bonchev–Trinajstić information content (AvgIpc) is 3.10. The van der Waals surface area contributed by atoms with Crippen LogP contribution < -0.4 is 10.1 Å². The summed E-state index contributed by atoms with van der Waals surface area (Å²) in [5.41, 5.74) is 4.64. The van der Waals surface area contributed by atoms with Gasteiger partial charge in [-0.15, -0.1) is 10.2 Å². The van der Waals surface area contributed by atoms with Crippen molar-refractivity contribution in [3.8, 4) is 5.75 Å². The number of hydrogen-bond donors (Lipinski definition) is 1. The molecule has 0 saturated carbocycles. The molecule has 1 N–H and O–H groups in total. The van der Waals surface area contributed by atoms with E-state index in [1.54, 1.807) is 11.8 Å². The monoisotopic (exact) mass is 399 g/mol. The summed E-state index contributed by atoms with van der Waals surface area (Å²) >= 11 is 2.97. The normalized spacial score (nSPS) is 10.6. The van der Waals surface area contributed by atoms with E-state index in [0.29, 0.717) is 5.13 Å². The Kier molecular flexibility index (Phi) is 6.47. The minimum absolute atomic E-state index is 0.0598. The molecule has 0 radical (unpaired) electrons. The fourth-order valence-corrected chi connectivity index (χ4v) is 4.05. The lowest BCUT2D eigenvalue weighted by Gasteiger charge is -2.10. The molecule has 0 atom stereocenters. The molecular weight excluding hydrogens is 378 g/mol. The van der Waals surface area contributed by atoms with Crippen LogP contribution in [0.15, 0.2) is 46.8 Å². The topological polar surface area (TPSA) is 64.1 Å². The molecule has 1 heterocycles. The number of aryl methyl sites for hydroxylation is 2. The second-order valence-corrected chi connectivity index (χ2v) is 8.38. The van der Waals surface area contributed by atoms with E-state index in [1.165, 1.54) is 22.5 Å². The summed E-state index contributed by atoms with van der Waals surface area (Å²) in [5.74, 6) is 1.29. The summed E-state index contributed by atoms with van der Waals surface area (Å²) < 4.78 is 6.43. The van der Waals surface area contributed by atoms with Crippen LogP contribution in [-0.2, 0) is 10.5 Å². The van der Waals surface area contributed by atoms with E-state index in [0.717, 1.165) is 27.0 Å². The van der Waals surface area contributed by atoms with Gasteiger partial charge < -0.3 is 4.74 Å². The van der Waals surface area contributed by atoms with E-state index in [-0.39, 0.29) is 12.5 Å². The Morgan fingerprint density at radius 3 is 2.67 bits per heavy atom. The number of rotatable bonds is 7. The van der Waals surface area contributed by atoms with Gasteiger partial charge in [0.15, 0.2) is 10.9 Å². The highest BCUT2D eigenvalue weighted by molar-refractivity contribution is 8.00. The Morgan fingerprint density at radius 2 is 1.89 bits per heavy atom. The third-order valence-corrected chi connectivity index (χ3v) is 6.09. The summed E-state index contributed by atoms with van der Waals surface area (Å²) in [5, 5.41) is 11.4.